The van der Waals surface area contributed by atoms with Gasteiger partial charge in [0.25, 0.3) is 0 Å². The molecule has 4 nitrogen and oxygen atoms in total. The lowest BCUT2D eigenvalue weighted by molar-refractivity contribution is 0.140. The molecule has 0 atom stereocenters. The van der Waals surface area contributed by atoms with Crippen molar-refractivity contribution < 1.29 is 9.47 Å². The van der Waals surface area contributed by atoms with Crippen LogP contribution in [0.1, 0.15) is 19.2 Å². The lowest BCUT2D eigenvalue weighted by Crippen LogP contribution is -2.07. The molecule has 0 aliphatic rings. The minimum atomic E-state index is 0.501. The van der Waals surface area contributed by atoms with E-state index in [1.807, 2.05) is 25.1 Å². The minimum Gasteiger partial charge on any atom is -0.382 e. The summed E-state index contributed by atoms with van der Waals surface area (Å²) in [6.45, 7) is 4.86. The first-order valence-corrected chi connectivity index (χ1v) is 6.85. The Bertz CT molecular complexity index is 539. The summed E-state index contributed by atoms with van der Waals surface area (Å²) in [6, 6.07) is 5.75. The van der Waals surface area contributed by atoms with Crippen molar-refractivity contribution in [2.24, 2.45) is 0 Å². The number of halogens is 1. The fraction of sp³-hybridized carbons (Fsp3) is 0.500. The maximum Gasteiger partial charge on any atom is 0.135 e. The molecule has 19 heavy (non-hydrogen) atoms. The van der Waals surface area contributed by atoms with Crippen molar-refractivity contribution in [2.45, 2.75) is 26.5 Å². The Balaban J connectivity index is 2.25. The summed E-state index contributed by atoms with van der Waals surface area (Å²) >= 11 is 6.06. The normalized spacial score (nSPS) is 11.3. The maximum absolute atomic E-state index is 6.06. The fourth-order valence-corrected chi connectivity index (χ4v) is 2.27. The van der Waals surface area contributed by atoms with Gasteiger partial charge in [0.1, 0.15) is 12.4 Å². The Hall–Kier alpha value is -1.10. The average Bonchev–Trinajstić information content (AvgIpc) is 2.73. The second-order valence-electron chi connectivity index (χ2n) is 4.30. The number of rotatable bonds is 7. The van der Waals surface area contributed by atoms with Gasteiger partial charge in [-0.2, -0.15) is 0 Å². The van der Waals surface area contributed by atoms with Crippen LogP contribution < -0.4 is 0 Å². The molecule has 2 rings (SSSR count). The molecule has 0 saturated heterocycles. The van der Waals surface area contributed by atoms with Gasteiger partial charge in [0.2, 0.25) is 0 Å². The van der Waals surface area contributed by atoms with Crippen LogP contribution >= 0.6 is 11.6 Å². The van der Waals surface area contributed by atoms with Gasteiger partial charge in [0, 0.05) is 31.9 Å². The predicted octanol–water partition coefficient (Wildman–Crippen LogP) is 3.26. The van der Waals surface area contributed by atoms with Crippen LogP contribution in [0.5, 0.6) is 0 Å². The first-order valence-electron chi connectivity index (χ1n) is 6.47. The highest BCUT2D eigenvalue weighted by molar-refractivity contribution is 6.31. The van der Waals surface area contributed by atoms with Crippen molar-refractivity contribution in [2.75, 3.05) is 20.3 Å². The Kier molecular flexibility index (Phi) is 5.19. The van der Waals surface area contributed by atoms with Gasteiger partial charge in [-0.25, -0.2) is 4.98 Å². The van der Waals surface area contributed by atoms with Crippen LogP contribution in [0.25, 0.3) is 11.0 Å². The van der Waals surface area contributed by atoms with Crippen molar-refractivity contribution in [1.82, 2.24) is 9.55 Å². The molecular weight excluding hydrogens is 264 g/mol. The van der Waals surface area contributed by atoms with Gasteiger partial charge >= 0.3 is 0 Å². The standard InChI is InChI=1S/C14H19ClN2O2/c1-3-19-8-4-7-17-13-9-11(15)5-6-12(13)16-14(17)10-18-2/h5-6,9H,3-4,7-8,10H2,1-2H3. The number of benzene rings is 1. The molecular formula is C14H19ClN2O2. The molecule has 0 saturated carbocycles. The van der Waals surface area contributed by atoms with Crippen LogP contribution in [0.15, 0.2) is 18.2 Å². The second-order valence-corrected chi connectivity index (χ2v) is 4.73. The summed E-state index contributed by atoms with van der Waals surface area (Å²) in [5, 5.41) is 0.724. The molecule has 0 radical (unpaired) electrons. The summed E-state index contributed by atoms with van der Waals surface area (Å²) in [7, 11) is 1.68. The van der Waals surface area contributed by atoms with E-state index in [0.717, 1.165) is 48.1 Å². The van der Waals surface area contributed by atoms with Crippen molar-refractivity contribution >= 4 is 22.6 Å². The Morgan fingerprint density at radius 2 is 2.21 bits per heavy atom. The summed E-state index contributed by atoms with van der Waals surface area (Å²) in [6.07, 6.45) is 0.947. The first kappa shape index (κ1) is 14.3. The number of aryl methyl sites for hydroxylation is 1. The number of hydrogen-bond donors (Lipinski definition) is 0. The van der Waals surface area contributed by atoms with E-state index in [0.29, 0.717) is 6.61 Å². The van der Waals surface area contributed by atoms with Gasteiger partial charge in [-0.05, 0) is 31.5 Å². The Morgan fingerprint density at radius 1 is 1.37 bits per heavy atom. The van der Waals surface area contributed by atoms with E-state index in [9.17, 15) is 0 Å². The average molecular weight is 283 g/mol. The van der Waals surface area contributed by atoms with E-state index in [2.05, 4.69) is 9.55 Å². The van der Waals surface area contributed by atoms with Gasteiger partial charge in [-0.1, -0.05) is 11.6 Å². The molecule has 0 aliphatic carbocycles. The molecule has 5 heteroatoms. The van der Waals surface area contributed by atoms with E-state index >= 15 is 0 Å². The largest absolute Gasteiger partial charge is 0.382 e. The quantitative estimate of drug-likeness (QED) is 0.731. The fourth-order valence-electron chi connectivity index (χ4n) is 2.10. The summed E-state index contributed by atoms with van der Waals surface area (Å²) in [5.41, 5.74) is 2.00. The zero-order valence-corrected chi connectivity index (χ0v) is 12.1. The zero-order valence-electron chi connectivity index (χ0n) is 11.4. The molecule has 0 spiro atoms. The molecule has 1 aromatic heterocycles. The molecule has 0 N–H and O–H groups in total. The highest BCUT2D eigenvalue weighted by atomic mass is 35.5. The number of fused-ring (bicyclic) bond motifs is 1. The number of imidazole rings is 1. The third kappa shape index (κ3) is 3.47. The molecule has 0 unspecified atom stereocenters. The lowest BCUT2D eigenvalue weighted by Gasteiger charge is -2.09. The Morgan fingerprint density at radius 3 is 2.95 bits per heavy atom. The first-order chi connectivity index (χ1) is 9.26. The number of nitrogens with zero attached hydrogens (tertiary/aromatic N) is 2. The van der Waals surface area contributed by atoms with Gasteiger partial charge in [0.15, 0.2) is 0 Å². The van der Waals surface area contributed by atoms with Crippen molar-refractivity contribution in [1.29, 1.82) is 0 Å². The number of aromatic nitrogens is 2. The number of hydrogen-bond acceptors (Lipinski definition) is 3. The van der Waals surface area contributed by atoms with Crippen LogP contribution in [0.4, 0.5) is 0 Å². The highest BCUT2D eigenvalue weighted by Gasteiger charge is 2.10. The minimum absolute atomic E-state index is 0.501. The third-order valence-electron chi connectivity index (χ3n) is 2.94. The SMILES string of the molecule is CCOCCCn1c(COC)nc2ccc(Cl)cc21. The van der Waals surface area contributed by atoms with Crippen LogP contribution in [0.2, 0.25) is 5.02 Å². The monoisotopic (exact) mass is 282 g/mol. The topological polar surface area (TPSA) is 36.3 Å². The molecule has 2 aromatic rings. The van der Waals surface area contributed by atoms with E-state index in [-0.39, 0.29) is 0 Å². The summed E-state index contributed by atoms with van der Waals surface area (Å²) < 4.78 is 12.7. The number of methoxy groups -OCH3 is 1. The second kappa shape index (κ2) is 6.89. The van der Waals surface area contributed by atoms with Gasteiger partial charge in [-0.15, -0.1) is 0 Å². The molecule has 0 bridgehead atoms. The van der Waals surface area contributed by atoms with E-state index < -0.39 is 0 Å². The zero-order chi connectivity index (χ0) is 13.7. The third-order valence-corrected chi connectivity index (χ3v) is 3.17. The van der Waals surface area contributed by atoms with Crippen LogP contribution in [0, 0.1) is 0 Å². The van der Waals surface area contributed by atoms with E-state index in [4.69, 9.17) is 21.1 Å². The Labute approximate surface area is 118 Å². The summed E-state index contributed by atoms with van der Waals surface area (Å²) in [4.78, 5) is 4.58. The smallest absolute Gasteiger partial charge is 0.135 e. The molecule has 0 fully saturated rings. The molecule has 1 aromatic carbocycles. The van der Waals surface area contributed by atoms with Crippen molar-refractivity contribution in [3.63, 3.8) is 0 Å². The van der Waals surface area contributed by atoms with Crippen molar-refractivity contribution in [3.8, 4) is 0 Å². The molecule has 0 aliphatic heterocycles. The maximum atomic E-state index is 6.06. The number of ether oxygens (including phenoxy) is 2. The van der Waals surface area contributed by atoms with Gasteiger partial charge in [0.05, 0.1) is 11.0 Å². The lowest BCUT2D eigenvalue weighted by atomic mass is 10.3. The highest BCUT2D eigenvalue weighted by Crippen LogP contribution is 2.21. The van der Waals surface area contributed by atoms with Crippen molar-refractivity contribution in [3.05, 3.63) is 29.0 Å². The van der Waals surface area contributed by atoms with Crippen LogP contribution in [-0.2, 0) is 22.6 Å². The van der Waals surface area contributed by atoms with Crippen LogP contribution in [-0.4, -0.2) is 29.9 Å². The van der Waals surface area contributed by atoms with Gasteiger partial charge < -0.3 is 14.0 Å². The van der Waals surface area contributed by atoms with Gasteiger partial charge in [-0.3, -0.25) is 0 Å². The molecule has 104 valence electrons. The molecule has 1 heterocycles. The van der Waals surface area contributed by atoms with E-state index in [1.54, 1.807) is 7.11 Å². The van der Waals surface area contributed by atoms with Crippen LogP contribution in [0.3, 0.4) is 0 Å². The molecule has 0 amide bonds. The predicted molar refractivity (Wildman–Crippen MR) is 76.6 cm³/mol. The van der Waals surface area contributed by atoms with E-state index in [1.165, 1.54) is 0 Å². The summed E-state index contributed by atoms with van der Waals surface area (Å²) in [5.74, 6) is 0.927.